The van der Waals surface area contributed by atoms with Crippen molar-refractivity contribution in [3.63, 3.8) is 0 Å². The van der Waals surface area contributed by atoms with Crippen LogP contribution in [0.4, 0.5) is 0 Å². The highest BCUT2D eigenvalue weighted by Gasteiger charge is 2.19. The first-order chi connectivity index (χ1) is 8.37. The molecule has 0 aliphatic rings. The van der Waals surface area contributed by atoms with Crippen molar-refractivity contribution in [2.24, 2.45) is 0 Å². The molecular formula is C14H22ClNO2. The summed E-state index contributed by atoms with van der Waals surface area (Å²) in [6, 6.07) is 5.66. The number of rotatable bonds is 5. The van der Waals surface area contributed by atoms with Gasteiger partial charge < -0.3 is 14.8 Å². The Morgan fingerprint density at radius 1 is 1.33 bits per heavy atom. The van der Waals surface area contributed by atoms with Crippen LogP contribution in [0.2, 0.25) is 5.02 Å². The van der Waals surface area contributed by atoms with E-state index in [0.29, 0.717) is 11.6 Å². The van der Waals surface area contributed by atoms with E-state index in [1.807, 2.05) is 46.0 Å². The summed E-state index contributed by atoms with van der Waals surface area (Å²) in [5.41, 5.74) is 0.845. The van der Waals surface area contributed by atoms with E-state index < -0.39 is 0 Å². The number of halogens is 1. The van der Waals surface area contributed by atoms with Crippen LogP contribution in [-0.2, 0) is 4.74 Å². The molecule has 1 rings (SSSR count). The van der Waals surface area contributed by atoms with Crippen LogP contribution in [0, 0.1) is 0 Å². The van der Waals surface area contributed by atoms with Crippen molar-refractivity contribution in [1.29, 1.82) is 0 Å². The molecular weight excluding hydrogens is 250 g/mol. The van der Waals surface area contributed by atoms with Gasteiger partial charge in [0.25, 0.3) is 0 Å². The van der Waals surface area contributed by atoms with E-state index in [1.165, 1.54) is 0 Å². The molecule has 102 valence electrons. The van der Waals surface area contributed by atoms with E-state index in [-0.39, 0.29) is 11.6 Å². The van der Waals surface area contributed by atoms with Crippen molar-refractivity contribution in [2.45, 2.75) is 32.4 Å². The maximum absolute atomic E-state index is 6.04. The van der Waals surface area contributed by atoms with Gasteiger partial charge >= 0.3 is 0 Å². The first kappa shape index (κ1) is 15.3. The molecule has 1 unspecified atom stereocenters. The third-order valence-electron chi connectivity index (χ3n) is 2.60. The Morgan fingerprint density at radius 3 is 2.50 bits per heavy atom. The molecule has 1 aromatic rings. The van der Waals surface area contributed by atoms with Crippen molar-refractivity contribution >= 4 is 11.6 Å². The van der Waals surface area contributed by atoms with Gasteiger partial charge in [-0.15, -0.1) is 0 Å². The Balaban J connectivity index is 2.90. The molecule has 0 spiro atoms. The summed E-state index contributed by atoms with van der Waals surface area (Å²) >= 11 is 6.04. The minimum absolute atomic E-state index is 0.0536. The van der Waals surface area contributed by atoms with E-state index in [0.717, 1.165) is 11.3 Å². The van der Waals surface area contributed by atoms with Crippen molar-refractivity contribution in [1.82, 2.24) is 5.32 Å². The predicted octanol–water partition coefficient (Wildman–Crippen LogP) is 3.42. The zero-order valence-corrected chi connectivity index (χ0v) is 12.5. The van der Waals surface area contributed by atoms with Crippen molar-refractivity contribution in [3.8, 4) is 5.75 Å². The van der Waals surface area contributed by atoms with Crippen molar-refractivity contribution in [3.05, 3.63) is 28.8 Å². The SMILES string of the molecule is CNC(COC(C)(C)C)c1cc(Cl)ccc1OC. The Hall–Kier alpha value is -0.770. The van der Waals surface area contributed by atoms with E-state index in [9.17, 15) is 0 Å². The van der Waals surface area contributed by atoms with Crippen molar-refractivity contribution < 1.29 is 9.47 Å². The minimum atomic E-state index is -0.166. The highest BCUT2D eigenvalue weighted by Crippen LogP contribution is 2.29. The van der Waals surface area contributed by atoms with Crippen LogP contribution in [0.1, 0.15) is 32.4 Å². The van der Waals surface area contributed by atoms with Crippen LogP contribution in [0.5, 0.6) is 5.75 Å². The molecule has 0 fully saturated rings. The number of ether oxygens (including phenoxy) is 2. The van der Waals surface area contributed by atoms with Gasteiger partial charge in [0.1, 0.15) is 5.75 Å². The second kappa shape index (κ2) is 6.41. The summed E-state index contributed by atoms with van der Waals surface area (Å²) < 4.78 is 11.2. The molecule has 4 heteroatoms. The summed E-state index contributed by atoms with van der Waals surface area (Å²) in [5.74, 6) is 0.816. The van der Waals surface area contributed by atoms with Gasteiger partial charge in [0.2, 0.25) is 0 Å². The van der Waals surface area contributed by atoms with E-state index >= 15 is 0 Å². The average molecular weight is 272 g/mol. The predicted molar refractivity (Wildman–Crippen MR) is 75.5 cm³/mol. The van der Waals surface area contributed by atoms with Gasteiger partial charge in [0.05, 0.1) is 25.4 Å². The normalized spacial score (nSPS) is 13.4. The quantitative estimate of drug-likeness (QED) is 0.890. The first-order valence-corrected chi connectivity index (χ1v) is 6.40. The molecule has 1 N–H and O–H groups in total. The van der Waals surface area contributed by atoms with Gasteiger partial charge in [-0.05, 0) is 46.0 Å². The lowest BCUT2D eigenvalue weighted by atomic mass is 10.1. The topological polar surface area (TPSA) is 30.5 Å². The lowest BCUT2D eigenvalue weighted by Gasteiger charge is -2.25. The summed E-state index contributed by atoms with van der Waals surface area (Å²) in [6.45, 7) is 6.68. The smallest absolute Gasteiger partial charge is 0.123 e. The van der Waals surface area contributed by atoms with Crippen LogP contribution in [0.25, 0.3) is 0 Å². The molecule has 0 amide bonds. The standard InChI is InChI=1S/C14H22ClNO2/c1-14(2,3)18-9-12(16-4)11-8-10(15)6-7-13(11)17-5/h6-8,12,16H,9H2,1-5H3. The highest BCUT2D eigenvalue weighted by molar-refractivity contribution is 6.30. The van der Waals surface area contributed by atoms with Crippen LogP contribution in [0.15, 0.2) is 18.2 Å². The second-order valence-corrected chi connectivity index (χ2v) is 5.59. The van der Waals surface area contributed by atoms with Gasteiger partial charge in [0, 0.05) is 10.6 Å². The monoisotopic (exact) mass is 271 g/mol. The maximum Gasteiger partial charge on any atom is 0.123 e. The number of methoxy groups -OCH3 is 1. The Labute approximate surface area is 114 Å². The molecule has 0 aromatic heterocycles. The molecule has 0 aliphatic carbocycles. The number of nitrogens with one attached hydrogen (secondary N) is 1. The number of hydrogen-bond acceptors (Lipinski definition) is 3. The molecule has 0 saturated carbocycles. The van der Waals surface area contributed by atoms with E-state index in [2.05, 4.69) is 5.32 Å². The summed E-state index contributed by atoms with van der Waals surface area (Å²) in [4.78, 5) is 0. The minimum Gasteiger partial charge on any atom is -0.496 e. The molecule has 0 heterocycles. The fraction of sp³-hybridized carbons (Fsp3) is 0.571. The van der Waals surface area contributed by atoms with Gasteiger partial charge in [-0.25, -0.2) is 0 Å². The Morgan fingerprint density at radius 2 is 2.00 bits per heavy atom. The lowest BCUT2D eigenvalue weighted by molar-refractivity contribution is -0.0141. The third kappa shape index (κ3) is 4.48. The van der Waals surface area contributed by atoms with Crippen LogP contribution >= 0.6 is 11.6 Å². The molecule has 0 radical (unpaired) electrons. The van der Waals surface area contributed by atoms with Gasteiger partial charge in [-0.2, -0.15) is 0 Å². The molecule has 0 bridgehead atoms. The zero-order chi connectivity index (χ0) is 13.8. The lowest BCUT2D eigenvalue weighted by Crippen LogP contribution is -2.28. The Kier molecular flexibility index (Phi) is 5.45. The largest absolute Gasteiger partial charge is 0.496 e. The van der Waals surface area contributed by atoms with Gasteiger partial charge in [-0.3, -0.25) is 0 Å². The molecule has 0 aliphatic heterocycles. The number of hydrogen-bond donors (Lipinski definition) is 1. The molecule has 18 heavy (non-hydrogen) atoms. The van der Waals surface area contributed by atoms with Gasteiger partial charge in [-0.1, -0.05) is 11.6 Å². The van der Waals surface area contributed by atoms with E-state index in [1.54, 1.807) is 7.11 Å². The highest BCUT2D eigenvalue weighted by atomic mass is 35.5. The number of benzene rings is 1. The first-order valence-electron chi connectivity index (χ1n) is 6.02. The summed E-state index contributed by atoms with van der Waals surface area (Å²) in [6.07, 6.45) is 0. The zero-order valence-electron chi connectivity index (χ0n) is 11.7. The molecule has 0 saturated heterocycles. The average Bonchev–Trinajstić information content (AvgIpc) is 2.28. The van der Waals surface area contributed by atoms with Crippen LogP contribution in [-0.4, -0.2) is 26.4 Å². The molecule has 1 aromatic carbocycles. The summed E-state index contributed by atoms with van der Waals surface area (Å²) in [7, 11) is 3.56. The van der Waals surface area contributed by atoms with E-state index in [4.69, 9.17) is 21.1 Å². The van der Waals surface area contributed by atoms with Crippen LogP contribution in [0.3, 0.4) is 0 Å². The number of likely N-dealkylation sites (N-methyl/N-ethyl adjacent to an activating group) is 1. The second-order valence-electron chi connectivity index (χ2n) is 5.15. The third-order valence-corrected chi connectivity index (χ3v) is 2.83. The molecule has 1 atom stereocenters. The summed E-state index contributed by atoms with van der Waals surface area (Å²) in [5, 5.41) is 3.93. The van der Waals surface area contributed by atoms with Gasteiger partial charge in [0.15, 0.2) is 0 Å². The fourth-order valence-corrected chi connectivity index (χ4v) is 1.82. The van der Waals surface area contributed by atoms with Crippen LogP contribution < -0.4 is 10.1 Å². The van der Waals surface area contributed by atoms with Crippen molar-refractivity contribution in [2.75, 3.05) is 20.8 Å². The Bertz CT molecular complexity index is 388. The fourth-order valence-electron chi connectivity index (χ4n) is 1.64. The molecule has 3 nitrogen and oxygen atoms in total. The maximum atomic E-state index is 6.04.